The molecule has 1 rings (SSSR count). The summed E-state index contributed by atoms with van der Waals surface area (Å²) in [6.45, 7) is 0.604. The SMILES string of the molecule is NCCCCC(N)C(=O)Oc1cccc(CCCO[N+](=O)[O-])c1. The van der Waals surface area contributed by atoms with Crippen molar-refractivity contribution < 1.29 is 19.5 Å². The van der Waals surface area contributed by atoms with Gasteiger partial charge in [-0.2, -0.15) is 0 Å². The highest BCUT2D eigenvalue weighted by Gasteiger charge is 2.15. The van der Waals surface area contributed by atoms with Crippen molar-refractivity contribution in [3.8, 4) is 5.75 Å². The van der Waals surface area contributed by atoms with Crippen LogP contribution in [0.4, 0.5) is 0 Å². The lowest BCUT2D eigenvalue weighted by molar-refractivity contribution is -0.757. The summed E-state index contributed by atoms with van der Waals surface area (Å²) in [5.74, 6) is -0.0622. The number of hydrogen-bond donors (Lipinski definition) is 2. The average Bonchev–Trinajstić information content (AvgIpc) is 2.52. The van der Waals surface area contributed by atoms with Crippen LogP contribution < -0.4 is 16.2 Å². The lowest BCUT2D eigenvalue weighted by Crippen LogP contribution is -2.34. The highest BCUT2D eigenvalue weighted by Crippen LogP contribution is 2.16. The van der Waals surface area contributed by atoms with Gasteiger partial charge in [-0.25, -0.2) is 4.79 Å². The number of rotatable bonds is 11. The molecule has 128 valence electrons. The predicted octanol–water partition coefficient (Wildman–Crippen LogP) is 1.19. The summed E-state index contributed by atoms with van der Waals surface area (Å²) in [5, 5.41) is 9.24. The molecule has 0 aliphatic heterocycles. The molecule has 0 saturated carbocycles. The van der Waals surface area contributed by atoms with Crippen LogP contribution in [0.5, 0.6) is 5.75 Å². The van der Waals surface area contributed by atoms with Gasteiger partial charge in [0.25, 0.3) is 5.09 Å². The minimum atomic E-state index is -0.815. The van der Waals surface area contributed by atoms with Crippen molar-refractivity contribution in [2.45, 2.75) is 38.1 Å². The van der Waals surface area contributed by atoms with E-state index in [1.807, 2.05) is 6.07 Å². The third-order valence-corrected chi connectivity index (χ3v) is 3.20. The topological polar surface area (TPSA) is 131 Å². The maximum Gasteiger partial charge on any atom is 0.328 e. The lowest BCUT2D eigenvalue weighted by Gasteiger charge is -2.11. The number of carbonyl (C=O) groups excluding carboxylic acids is 1. The van der Waals surface area contributed by atoms with Crippen molar-refractivity contribution in [3.05, 3.63) is 39.9 Å². The summed E-state index contributed by atoms with van der Waals surface area (Å²) >= 11 is 0. The van der Waals surface area contributed by atoms with E-state index in [0.717, 1.165) is 18.4 Å². The van der Waals surface area contributed by atoms with E-state index in [0.29, 0.717) is 31.6 Å². The molecule has 0 heterocycles. The van der Waals surface area contributed by atoms with Crippen LogP contribution in [0.3, 0.4) is 0 Å². The molecule has 0 amide bonds. The first-order valence-corrected chi connectivity index (χ1v) is 7.56. The van der Waals surface area contributed by atoms with E-state index in [9.17, 15) is 14.9 Å². The Hall–Kier alpha value is -2.19. The normalized spacial score (nSPS) is 11.7. The number of aryl methyl sites for hydroxylation is 1. The van der Waals surface area contributed by atoms with Gasteiger partial charge < -0.3 is 21.0 Å². The van der Waals surface area contributed by atoms with Crippen LogP contribution in [0.25, 0.3) is 0 Å². The molecule has 0 aromatic heterocycles. The molecule has 23 heavy (non-hydrogen) atoms. The molecule has 0 aliphatic carbocycles. The largest absolute Gasteiger partial charge is 0.425 e. The van der Waals surface area contributed by atoms with Crippen molar-refractivity contribution >= 4 is 5.97 Å². The van der Waals surface area contributed by atoms with Crippen molar-refractivity contribution in [2.75, 3.05) is 13.2 Å². The highest BCUT2D eigenvalue weighted by molar-refractivity contribution is 5.77. The van der Waals surface area contributed by atoms with E-state index < -0.39 is 17.1 Å². The molecule has 0 fully saturated rings. The van der Waals surface area contributed by atoms with Crippen LogP contribution in [0.2, 0.25) is 0 Å². The fourth-order valence-corrected chi connectivity index (χ4v) is 2.00. The number of esters is 1. The summed E-state index contributed by atoms with van der Waals surface area (Å²) in [6.07, 6.45) is 3.22. The molecule has 0 radical (unpaired) electrons. The maximum absolute atomic E-state index is 11.9. The number of hydrogen-bond acceptors (Lipinski definition) is 7. The fourth-order valence-electron chi connectivity index (χ4n) is 2.00. The zero-order valence-electron chi connectivity index (χ0n) is 13.0. The van der Waals surface area contributed by atoms with E-state index in [-0.39, 0.29) is 6.61 Å². The molecule has 0 bridgehead atoms. The molecule has 1 aromatic carbocycles. The summed E-state index contributed by atoms with van der Waals surface area (Å²) in [7, 11) is 0. The molecule has 0 saturated heterocycles. The Bertz CT molecular complexity index is 510. The quantitative estimate of drug-likeness (QED) is 0.205. The van der Waals surface area contributed by atoms with Crippen LogP contribution in [-0.2, 0) is 16.1 Å². The van der Waals surface area contributed by atoms with Gasteiger partial charge in [0.2, 0.25) is 0 Å². The van der Waals surface area contributed by atoms with Gasteiger partial charge in [0.05, 0.1) is 6.61 Å². The molecular weight excluding hydrogens is 302 g/mol. The van der Waals surface area contributed by atoms with Crippen molar-refractivity contribution in [2.24, 2.45) is 11.5 Å². The Morgan fingerprint density at radius 2 is 2.09 bits per heavy atom. The van der Waals surface area contributed by atoms with E-state index in [1.165, 1.54) is 0 Å². The standard InChI is InChI=1S/C15H23N3O5/c16-9-2-1-8-14(17)15(19)23-13-7-3-5-12(11-13)6-4-10-22-18(20)21/h3,5,7,11,14H,1-2,4,6,8-10,16-17H2. The third-order valence-electron chi connectivity index (χ3n) is 3.20. The monoisotopic (exact) mass is 325 g/mol. The minimum Gasteiger partial charge on any atom is -0.425 e. The van der Waals surface area contributed by atoms with Crippen LogP contribution in [0, 0.1) is 10.1 Å². The molecule has 1 aromatic rings. The number of ether oxygens (including phenoxy) is 1. The summed E-state index contributed by atoms with van der Waals surface area (Å²) in [5.41, 5.74) is 12.1. The van der Waals surface area contributed by atoms with Gasteiger partial charge in [-0.15, -0.1) is 10.1 Å². The van der Waals surface area contributed by atoms with Gasteiger partial charge in [0.1, 0.15) is 11.8 Å². The highest BCUT2D eigenvalue weighted by atomic mass is 16.9. The molecule has 0 spiro atoms. The lowest BCUT2D eigenvalue weighted by atomic mass is 10.1. The van der Waals surface area contributed by atoms with Gasteiger partial charge in [0, 0.05) is 0 Å². The Morgan fingerprint density at radius 3 is 2.78 bits per heavy atom. The van der Waals surface area contributed by atoms with E-state index >= 15 is 0 Å². The summed E-state index contributed by atoms with van der Waals surface area (Å²) in [6, 6.07) is 6.33. The van der Waals surface area contributed by atoms with Gasteiger partial charge in [-0.05, 0) is 49.9 Å². The molecule has 8 nitrogen and oxygen atoms in total. The second kappa shape index (κ2) is 10.5. The Morgan fingerprint density at radius 1 is 1.30 bits per heavy atom. The number of benzene rings is 1. The van der Waals surface area contributed by atoms with Gasteiger partial charge in [-0.1, -0.05) is 18.6 Å². The van der Waals surface area contributed by atoms with E-state index in [2.05, 4.69) is 4.84 Å². The van der Waals surface area contributed by atoms with Crippen molar-refractivity contribution in [3.63, 3.8) is 0 Å². The van der Waals surface area contributed by atoms with Crippen LogP contribution >= 0.6 is 0 Å². The zero-order chi connectivity index (χ0) is 17.1. The Kier molecular flexibility index (Phi) is 8.63. The first kappa shape index (κ1) is 18.9. The minimum absolute atomic E-state index is 0.0308. The second-order valence-corrected chi connectivity index (χ2v) is 5.12. The second-order valence-electron chi connectivity index (χ2n) is 5.12. The van der Waals surface area contributed by atoms with Crippen molar-refractivity contribution in [1.29, 1.82) is 0 Å². The molecule has 8 heteroatoms. The third kappa shape index (κ3) is 8.12. The Balaban J connectivity index is 2.43. The maximum atomic E-state index is 11.9. The van der Waals surface area contributed by atoms with Crippen LogP contribution in [0.15, 0.2) is 24.3 Å². The smallest absolute Gasteiger partial charge is 0.328 e. The summed E-state index contributed by atoms with van der Waals surface area (Å²) in [4.78, 5) is 26.2. The van der Waals surface area contributed by atoms with E-state index in [4.69, 9.17) is 16.2 Å². The molecule has 0 aliphatic rings. The number of unbranched alkanes of at least 4 members (excludes halogenated alkanes) is 1. The van der Waals surface area contributed by atoms with Crippen LogP contribution in [-0.4, -0.2) is 30.2 Å². The molecular formula is C15H23N3O5. The predicted molar refractivity (Wildman–Crippen MR) is 84.2 cm³/mol. The Labute approximate surface area is 134 Å². The number of nitrogens with zero attached hydrogens (tertiary/aromatic N) is 1. The molecule has 1 atom stereocenters. The van der Waals surface area contributed by atoms with Gasteiger partial charge >= 0.3 is 5.97 Å². The fraction of sp³-hybridized carbons (Fsp3) is 0.533. The van der Waals surface area contributed by atoms with Gasteiger partial charge in [0.15, 0.2) is 0 Å². The summed E-state index contributed by atoms with van der Waals surface area (Å²) < 4.78 is 5.26. The average molecular weight is 325 g/mol. The molecule has 4 N–H and O–H groups in total. The first-order valence-electron chi connectivity index (χ1n) is 7.56. The number of nitrogens with two attached hydrogens (primary N) is 2. The first-order chi connectivity index (χ1) is 11.0. The number of carbonyl (C=O) groups is 1. The zero-order valence-corrected chi connectivity index (χ0v) is 13.0. The van der Waals surface area contributed by atoms with E-state index in [1.54, 1.807) is 18.2 Å². The van der Waals surface area contributed by atoms with Crippen molar-refractivity contribution in [1.82, 2.24) is 0 Å². The molecule has 1 unspecified atom stereocenters. The van der Waals surface area contributed by atoms with Gasteiger partial charge in [-0.3, -0.25) is 0 Å². The van der Waals surface area contributed by atoms with Crippen LogP contribution in [0.1, 0.15) is 31.2 Å².